The second-order valence-electron chi connectivity index (χ2n) is 1.99. The first-order chi connectivity index (χ1) is 5.26. The van der Waals surface area contributed by atoms with Crippen LogP contribution in [-0.4, -0.2) is 12.6 Å². The molecular weight excluding hydrogens is 140 g/mol. The molecule has 62 valence electrons. The summed E-state index contributed by atoms with van der Waals surface area (Å²) in [5, 5.41) is 0. The van der Waals surface area contributed by atoms with Gasteiger partial charge in [0.05, 0.1) is 12.2 Å². The van der Waals surface area contributed by atoms with E-state index in [4.69, 9.17) is 4.74 Å². The molecule has 11 heavy (non-hydrogen) atoms. The third-order valence-electron chi connectivity index (χ3n) is 1.16. The Kier molecular flexibility index (Phi) is 5.17. The zero-order valence-corrected chi connectivity index (χ0v) is 7.09. The van der Waals surface area contributed by atoms with Gasteiger partial charge in [-0.25, -0.2) is 4.79 Å². The fourth-order valence-corrected chi connectivity index (χ4v) is 0.684. The molecular formula is C9H14O2. The maximum Gasteiger partial charge on any atom is 0.337 e. The Labute approximate surface area is 67.6 Å². The molecule has 2 heteroatoms. The van der Waals surface area contributed by atoms with Gasteiger partial charge in [0, 0.05) is 0 Å². The van der Waals surface area contributed by atoms with Crippen LogP contribution in [0.25, 0.3) is 0 Å². The van der Waals surface area contributed by atoms with Crippen LogP contribution in [0.15, 0.2) is 24.3 Å². The van der Waals surface area contributed by atoms with Crippen LogP contribution in [0.1, 0.15) is 20.3 Å². The topological polar surface area (TPSA) is 26.3 Å². The van der Waals surface area contributed by atoms with Gasteiger partial charge < -0.3 is 4.74 Å². The molecule has 0 radical (unpaired) electrons. The van der Waals surface area contributed by atoms with Gasteiger partial charge in [-0.1, -0.05) is 25.7 Å². The lowest BCUT2D eigenvalue weighted by Gasteiger charge is -2.00. The van der Waals surface area contributed by atoms with E-state index in [2.05, 4.69) is 6.58 Å². The standard InChI is InChI=1S/C9H14O2/c1-4-7-8(5-2)9(10)11-6-3/h5,7H,2,4,6H2,1,3H3/b8-7+. The second-order valence-corrected chi connectivity index (χ2v) is 1.99. The van der Waals surface area contributed by atoms with E-state index >= 15 is 0 Å². The zero-order chi connectivity index (χ0) is 8.69. The number of carbonyl (C=O) groups excluding carboxylic acids is 1. The largest absolute Gasteiger partial charge is 0.462 e. The van der Waals surface area contributed by atoms with E-state index < -0.39 is 0 Å². The van der Waals surface area contributed by atoms with Gasteiger partial charge >= 0.3 is 5.97 Å². The van der Waals surface area contributed by atoms with Crippen molar-refractivity contribution in [2.75, 3.05) is 6.61 Å². The molecule has 0 aliphatic heterocycles. The molecule has 0 rings (SSSR count). The van der Waals surface area contributed by atoms with Crippen LogP contribution < -0.4 is 0 Å². The lowest BCUT2D eigenvalue weighted by molar-refractivity contribution is -0.138. The van der Waals surface area contributed by atoms with Crippen molar-refractivity contribution >= 4 is 5.97 Å². The van der Waals surface area contributed by atoms with E-state index in [1.54, 1.807) is 13.0 Å². The molecule has 2 nitrogen and oxygen atoms in total. The number of carbonyl (C=O) groups is 1. The summed E-state index contributed by atoms with van der Waals surface area (Å²) in [4.78, 5) is 11.0. The predicted octanol–water partition coefficient (Wildman–Crippen LogP) is 2.07. The average molecular weight is 154 g/mol. The van der Waals surface area contributed by atoms with Crippen LogP contribution in [-0.2, 0) is 9.53 Å². The normalized spacial score (nSPS) is 10.9. The third-order valence-corrected chi connectivity index (χ3v) is 1.16. The monoisotopic (exact) mass is 154 g/mol. The number of ether oxygens (including phenoxy) is 1. The SMILES string of the molecule is C=C/C(=C\CC)C(=O)OCC. The van der Waals surface area contributed by atoms with E-state index in [1.807, 2.05) is 6.92 Å². The molecule has 0 unspecified atom stereocenters. The van der Waals surface area contributed by atoms with Gasteiger partial charge in [-0.15, -0.1) is 0 Å². The van der Waals surface area contributed by atoms with Gasteiger partial charge in [0.1, 0.15) is 0 Å². The smallest absolute Gasteiger partial charge is 0.337 e. The molecule has 0 saturated heterocycles. The van der Waals surface area contributed by atoms with Gasteiger partial charge in [0.25, 0.3) is 0 Å². The maximum atomic E-state index is 11.0. The fraction of sp³-hybridized carbons (Fsp3) is 0.444. The summed E-state index contributed by atoms with van der Waals surface area (Å²) in [7, 11) is 0. The maximum absolute atomic E-state index is 11.0. The molecule has 0 fully saturated rings. The van der Waals surface area contributed by atoms with Crippen LogP contribution in [0.5, 0.6) is 0 Å². The molecule has 0 aromatic heterocycles. The molecule has 0 heterocycles. The van der Waals surface area contributed by atoms with E-state index in [1.165, 1.54) is 6.08 Å². The van der Waals surface area contributed by atoms with Gasteiger partial charge in [0.15, 0.2) is 0 Å². The molecule has 0 atom stereocenters. The molecule has 0 bridgehead atoms. The van der Waals surface area contributed by atoms with Gasteiger partial charge in [-0.05, 0) is 13.3 Å². The number of hydrogen-bond acceptors (Lipinski definition) is 2. The Bertz CT molecular complexity index is 168. The van der Waals surface area contributed by atoms with Crippen molar-refractivity contribution in [3.63, 3.8) is 0 Å². The Hall–Kier alpha value is -1.05. The summed E-state index contributed by atoms with van der Waals surface area (Å²) in [6, 6.07) is 0. The summed E-state index contributed by atoms with van der Waals surface area (Å²) < 4.78 is 4.77. The fourth-order valence-electron chi connectivity index (χ4n) is 0.684. The number of allylic oxidation sites excluding steroid dienone is 1. The zero-order valence-electron chi connectivity index (χ0n) is 7.09. The lowest BCUT2D eigenvalue weighted by Crippen LogP contribution is -2.05. The summed E-state index contributed by atoms with van der Waals surface area (Å²) in [5.74, 6) is -0.288. The first kappa shape index (κ1) is 9.95. The molecule has 0 spiro atoms. The van der Waals surface area contributed by atoms with Crippen LogP contribution in [0.2, 0.25) is 0 Å². The summed E-state index contributed by atoms with van der Waals surface area (Å²) in [5.41, 5.74) is 0.550. The van der Waals surface area contributed by atoms with Crippen LogP contribution in [0, 0.1) is 0 Å². The van der Waals surface area contributed by atoms with Crippen LogP contribution >= 0.6 is 0 Å². The molecule has 0 aromatic rings. The van der Waals surface area contributed by atoms with Crippen molar-refractivity contribution in [2.24, 2.45) is 0 Å². The van der Waals surface area contributed by atoms with Crippen LogP contribution in [0.4, 0.5) is 0 Å². The van der Waals surface area contributed by atoms with Gasteiger partial charge in [0.2, 0.25) is 0 Å². The molecule has 0 aliphatic carbocycles. The molecule has 0 saturated carbocycles. The van der Waals surface area contributed by atoms with Crippen molar-refractivity contribution in [3.8, 4) is 0 Å². The van der Waals surface area contributed by atoms with E-state index in [9.17, 15) is 4.79 Å². The van der Waals surface area contributed by atoms with Crippen LogP contribution in [0.3, 0.4) is 0 Å². The Morgan fingerprint density at radius 2 is 2.18 bits per heavy atom. The molecule has 0 aromatic carbocycles. The summed E-state index contributed by atoms with van der Waals surface area (Å²) in [6.45, 7) is 7.67. The third kappa shape index (κ3) is 3.61. The minimum atomic E-state index is -0.288. The van der Waals surface area contributed by atoms with Crippen molar-refractivity contribution in [1.29, 1.82) is 0 Å². The highest BCUT2D eigenvalue weighted by atomic mass is 16.5. The first-order valence-corrected chi connectivity index (χ1v) is 3.75. The Balaban J connectivity index is 4.14. The van der Waals surface area contributed by atoms with Crippen molar-refractivity contribution < 1.29 is 9.53 Å². The van der Waals surface area contributed by atoms with Crippen molar-refractivity contribution in [1.82, 2.24) is 0 Å². The minimum absolute atomic E-state index is 0.288. The van der Waals surface area contributed by atoms with E-state index in [0.29, 0.717) is 12.2 Å². The van der Waals surface area contributed by atoms with Crippen molar-refractivity contribution in [2.45, 2.75) is 20.3 Å². The lowest BCUT2D eigenvalue weighted by atomic mass is 10.2. The number of rotatable bonds is 4. The summed E-state index contributed by atoms with van der Waals surface area (Å²) in [6.07, 6.45) is 4.13. The van der Waals surface area contributed by atoms with Crippen molar-refractivity contribution in [3.05, 3.63) is 24.3 Å². The van der Waals surface area contributed by atoms with E-state index in [-0.39, 0.29) is 5.97 Å². The van der Waals surface area contributed by atoms with E-state index in [0.717, 1.165) is 6.42 Å². The molecule has 0 aliphatic rings. The molecule has 0 N–H and O–H groups in total. The number of esters is 1. The number of hydrogen-bond donors (Lipinski definition) is 0. The Morgan fingerprint density at radius 3 is 2.55 bits per heavy atom. The Morgan fingerprint density at radius 1 is 1.55 bits per heavy atom. The quantitative estimate of drug-likeness (QED) is 0.352. The highest BCUT2D eigenvalue weighted by Gasteiger charge is 2.03. The minimum Gasteiger partial charge on any atom is -0.462 e. The molecule has 0 amide bonds. The average Bonchev–Trinajstić information content (AvgIpc) is 2.00. The first-order valence-electron chi connectivity index (χ1n) is 3.75. The highest BCUT2D eigenvalue weighted by molar-refractivity contribution is 5.91. The summed E-state index contributed by atoms with van der Waals surface area (Å²) >= 11 is 0. The van der Waals surface area contributed by atoms with Gasteiger partial charge in [-0.3, -0.25) is 0 Å². The van der Waals surface area contributed by atoms with Gasteiger partial charge in [-0.2, -0.15) is 0 Å². The highest BCUT2D eigenvalue weighted by Crippen LogP contribution is 2.00. The predicted molar refractivity (Wildman–Crippen MR) is 45.2 cm³/mol. The second kappa shape index (κ2) is 5.71.